The van der Waals surface area contributed by atoms with Crippen molar-refractivity contribution in [1.29, 1.82) is 0 Å². The van der Waals surface area contributed by atoms with Crippen LogP contribution in [0.5, 0.6) is 0 Å². The predicted octanol–water partition coefficient (Wildman–Crippen LogP) is 3.26. The number of hydrogen-bond donors (Lipinski definition) is 1. The normalized spacial score (nSPS) is 25.3. The van der Waals surface area contributed by atoms with Crippen LogP contribution in [0.4, 0.5) is 0 Å². The van der Waals surface area contributed by atoms with E-state index in [0.29, 0.717) is 11.6 Å². The van der Waals surface area contributed by atoms with E-state index < -0.39 is 0 Å². The molecule has 1 unspecified atom stereocenters. The van der Waals surface area contributed by atoms with Gasteiger partial charge in [0, 0.05) is 16.1 Å². The highest BCUT2D eigenvalue weighted by molar-refractivity contribution is 9.10. The molecule has 70 valence electrons. The Bertz CT molecular complexity index is 294. The maximum absolute atomic E-state index is 3.54. The van der Waals surface area contributed by atoms with E-state index in [2.05, 4.69) is 59.4 Å². The first kappa shape index (κ1) is 9.22. The zero-order valence-corrected chi connectivity index (χ0v) is 9.56. The summed E-state index contributed by atoms with van der Waals surface area (Å²) in [6.07, 6.45) is 1.23. The van der Waals surface area contributed by atoms with Crippen LogP contribution in [0.25, 0.3) is 0 Å². The van der Waals surface area contributed by atoms with Crippen LogP contribution in [0.15, 0.2) is 28.7 Å². The molecule has 0 aromatic heterocycles. The Morgan fingerprint density at radius 2 is 1.85 bits per heavy atom. The topological polar surface area (TPSA) is 12.0 Å². The molecule has 2 heteroatoms. The van der Waals surface area contributed by atoms with Gasteiger partial charge in [0.2, 0.25) is 0 Å². The minimum atomic E-state index is 0.331. The molecule has 1 aromatic carbocycles. The van der Waals surface area contributed by atoms with Gasteiger partial charge in [-0.1, -0.05) is 28.1 Å². The van der Waals surface area contributed by atoms with Gasteiger partial charge in [0.25, 0.3) is 0 Å². The predicted molar refractivity (Wildman–Crippen MR) is 58.7 cm³/mol. The van der Waals surface area contributed by atoms with E-state index in [0.717, 1.165) is 4.47 Å². The van der Waals surface area contributed by atoms with E-state index in [-0.39, 0.29) is 0 Å². The highest BCUT2D eigenvalue weighted by Crippen LogP contribution is 2.35. The molecule has 1 aliphatic heterocycles. The Hall–Kier alpha value is -0.340. The summed E-state index contributed by atoms with van der Waals surface area (Å²) in [6.45, 7) is 4.48. The molecule has 1 saturated heterocycles. The van der Waals surface area contributed by atoms with Crippen molar-refractivity contribution in [2.24, 2.45) is 0 Å². The molecular formula is C11H14BrN. The summed E-state index contributed by atoms with van der Waals surface area (Å²) in [7, 11) is 0. The molecule has 1 N–H and O–H groups in total. The molecule has 1 heterocycles. The van der Waals surface area contributed by atoms with Gasteiger partial charge in [0.05, 0.1) is 0 Å². The van der Waals surface area contributed by atoms with Crippen LogP contribution in [0.1, 0.15) is 31.9 Å². The second-order valence-electron chi connectivity index (χ2n) is 4.34. The van der Waals surface area contributed by atoms with Crippen LogP contribution >= 0.6 is 15.9 Å². The lowest BCUT2D eigenvalue weighted by molar-refractivity contribution is 0.177. The highest BCUT2D eigenvalue weighted by Gasteiger charge is 2.35. The van der Waals surface area contributed by atoms with E-state index in [4.69, 9.17) is 0 Å². The number of benzene rings is 1. The van der Waals surface area contributed by atoms with Crippen molar-refractivity contribution in [3.8, 4) is 0 Å². The molecule has 0 amide bonds. The van der Waals surface area contributed by atoms with E-state index in [1.54, 1.807) is 0 Å². The second kappa shape index (κ2) is 3.10. The molecule has 1 nitrogen and oxygen atoms in total. The molecule has 1 fully saturated rings. The van der Waals surface area contributed by atoms with Gasteiger partial charge in [0.15, 0.2) is 0 Å². The first-order chi connectivity index (χ1) is 6.07. The fourth-order valence-electron chi connectivity index (χ4n) is 1.86. The van der Waals surface area contributed by atoms with Crippen molar-refractivity contribution in [3.05, 3.63) is 34.3 Å². The highest BCUT2D eigenvalue weighted by atomic mass is 79.9. The minimum Gasteiger partial charge on any atom is -0.305 e. The van der Waals surface area contributed by atoms with Crippen LogP contribution in [-0.2, 0) is 0 Å². The average Bonchev–Trinajstić information content (AvgIpc) is 2.01. The van der Waals surface area contributed by atoms with E-state index in [1.165, 1.54) is 12.0 Å². The van der Waals surface area contributed by atoms with Crippen molar-refractivity contribution in [3.63, 3.8) is 0 Å². The standard InChI is InChI=1S/C11H14BrN/c1-11(2)7-10(13-11)8-3-5-9(12)6-4-8/h3-6,10,13H,7H2,1-2H3. The summed E-state index contributed by atoms with van der Waals surface area (Å²) in [5.41, 5.74) is 1.72. The summed E-state index contributed by atoms with van der Waals surface area (Å²) >= 11 is 3.44. The summed E-state index contributed by atoms with van der Waals surface area (Å²) in [5, 5.41) is 3.54. The fourth-order valence-corrected chi connectivity index (χ4v) is 2.12. The molecule has 1 aliphatic rings. The molecule has 1 aromatic rings. The van der Waals surface area contributed by atoms with E-state index in [1.807, 2.05) is 0 Å². The van der Waals surface area contributed by atoms with Crippen molar-refractivity contribution < 1.29 is 0 Å². The van der Waals surface area contributed by atoms with Gasteiger partial charge in [-0.3, -0.25) is 0 Å². The third-order valence-corrected chi connectivity index (χ3v) is 3.08. The zero-order valence-electron chi connectivity index (χ0n) is 7.97. The summed E-state index contributed by atoms with van der Waals surface area (Å²) in [4.78, 5) is 0. The summed E-state index contributed by atoms with van der Waals surface area (Å²) in [6, 6.07) is 9.11. The van der Waals surface area contributed by atoms with Crippen LogP contribution in [0.3, 0.4) is 0 Å². The van der Waals surface area contributed by atoms with Gasteiger partial charge < -0.3 is 5.32 Å². The lowest BCUT2D eigenvalue weighted by Gasteiger charge is -2.44. The van der Waals surface area contributed by atoms with Crippen molar-refractivity contribution >= 4 is 15.9 Å². The molecule has 0 radical (unpaired) electrons. The third-order valence-electron chi connectivity index (χ3n) is 2.55. The van der Waals surface area contributed by atoms with Crippen molar-refractivity contribution in [1.82, 2.24) is 5.32 Å². The zero-order chi connectivity index (χ0) is 9.47. The summed E-state index contributed by atoms with van der Waals surface area (Å²) in [5.74, 6) is 0. The largest absolute Gasteiger partial charge is 0.305 e. The quantitative estimate of drug-likeness (QED) is 0.794. The lowest BCUT2D eigenvalue weighted by Crippen LogP contribution is -2.54. The van der Waals surface area contributed by atoms with Gasteiger partial charge in [-0.05, 0) is 38.0 Å². The molecule has 0 saturated carbocycles. The van der Waals surface area contributed by atoms with Crippen LogP contribution in [0.2, 0.25) is 0 Å². The Kier molecular flexibility index (Phi) is 2.20. The molecule has 2 rings (SSSR count). The molecule has 0 bridgehead atoms. The number of hydrogen-bond acceptors (Lipinski definition) is 1. The Morgan fingerprint density at radius 3 is 2.31 bits per heavy atom. The lowest BCUT2D eigenvalue weighted by atomic mass is 9.82. The minimum absolute atomic E-state index is 0.331. The SMILES string of the molecule is CC1(C)CC(c2ccc(Br)cc2)N1. The van der Waals surface area contributed by atoms with Crippen molar-refractivity contribution in [2.75, 3.05) is 0 Å². The fraction of sp³-hybridized carbons (Fsp3) is 0.455. The van der Waals surface area contributed by atoms with E-state index in [9.17, 15) is 0 Å². The first-order valence-electron chi connectivity index (χ1n) is 4.60. The third kappa shape index (κ3) is 1.94. The second-order valence-corrected chi connectivity index (χ2v) is 5.25. The summed E-state index contributed by atoms with van der Waals surface area (Å²) < 4.78 is 1.15. The maximum atomic E-state index is 3.54. The molecular weight excluding hydrogens is 226 g/mol. The number of halogens is 1. The Balaban J connectivity index is 2.08. The average molecular weight is 240 g/mol. The maximum Gasteiger partial charge on any atom is 0.0342 e. The monoisotopic (exact) mass is 239 g/mol. The first-order valence-corrected chi connectivity index (χ1v) is 5.39. The van der Waals surface area contributed by atoms with Crippen molar-refractivity contribution in [2.45, 2.75) is 31.8 Å². The Labute approximate surface area is 87.7 Å². The molecule has 0 aliphatic carbocycles. The Morgan fingerprint density at radius 1 is 1.31 bits per heavy atom. The van der Waals surface area contributed by atoms with Gasteiger partial charge in [0.1, 0.15) is 0 Å². The van der Waals surface area contributed by atoms with Gasteiger partial charge in [-0.15, -0.1) is 0 Å². The van der Waals surface area contributed by atoms with Gasteiger partial charge >= 0.3 is 0 Å². The van der Waals surface area contributed by atoms with Gasteiger partial charge in [-0.2, -0.15) is 0 Å². The van der Waals surface area contributed by atoms with Crippen LogP contribution < -0.4 is 5.32 Å². The molecule has 1 atom stereocenters. The molecule has 0 spiro atoms. The van der Waals surface area contributed by atoms with Gasteiger partial charge in [-0.25, -0.2) is 0 Å². The smallest absolute Gasteiger partial charge is 0.0342 e. The van der Waals surface area contributed by atoms with Crippen LogP contribution in [0, 0.1) is 0 Å². The van der Waals surface area contributed by atoms with Crippen LogP contribution in [-0.4, -0.2) is 5.54 Å². The number of nitrogens with one attached hydrogen (secondary N) is 1. The number of rotatable bonds is 1. The molecule has 13 heavy (non-hydrogen) atoms. The van der Waals surface area contributed by atoms with E-state index >= 15 is 0 Å².